The number of aromatic nitrogens is 2. The molecule has 30 heavy (non-hydrogen) atoms. The normalized spacial score (nSPS) is 15.2. The molecule has 1 aromatic carbocycles. The molecule has 1 N–H and O–H groups in total. The number of guanidine groups is 1. The van der Waals surface area contributed by atoms with Crippen molar-refractivity contribution in [3.63, 3.8) is 0 Å². The van der Waals surface area contributed by atoms with Gasteiger partial charge >= 0.3 is 6.18 Å². The molecule has 0 radical (unpaired) electrons. The second kappa shape index (κ2) is 10.9. The fourth-order valence-electron chi connectivity index (χ4n) is 3.42. The van der Waals surface area contributed by atoms with Crippen molar-refractivity contribution >= 4 is 35.6 Å². The lowest BCUT2D eigenvalue weighted by Crippen LogP contribution is -2.52. The number of aryl methyl sites for hydroxylation is 2. The Bertz CT molecular complexity index is 828. The highest BCUT2D eigenvalue weighted by Crippen LogP contribution is 2.31. The lowest BCUT2D eigenvalue weighted by molar-refractivity contribution is -0.137. The number of hydrogen-bond acceptors (Lipinski definition) is 3. The molecule has 0 saturated carbocycles. The van der Waals surface area contributed by atoms with Gasteiger partial charge in [0.15, 0.2) is 5.96 Å². The molecule has 0 aliphatic carbocycles. The van der Waals surface area contributed by atoms with E-state index in [1.807, 2.05) is 28.9 Å². The third-order valence-electron chi connectivity index (χ3n) is 4.94. The number of alkyl halides is 3. The summed E-state index contributed by atoms with van der Waals surface area (Å²) in [7, 11) is 1.75. The van der Waals surface area contributed by atoms with Gasteiger partial charge in [-0.15, -0.1) is 24.0 Å². The third kappa shape index (κ3) is 6.51. The largest absolute Gasteiger partial charge is 0.416 e. The number of halogens is 4. The van der Waals surface area contributed by atoms with E-state index in [2.05, 4.69) is 20.3 Å². The fraction of sp³-hybridized carbons (Fsp3) is 0.500. The Morgan fingerprint density at radius 3 is 2.53 bits per heavy atom. The summed E-state index contributed by atoms with van der Waals surface area (Å²) in [5, 5.41) is 7.64. The number of anilines is 1. The molecule has 0 spiro atoms. The Hall–Kier alpha value is -1.98. The maximum Gasteiger partial charge on any atom is 0.416 e. The Labute approximate surface area is 192 Å². The number of nitrogens with zero attached hydrogens (tertiary/aromatic N) is 5. The van der Waals surface area contributed by atoms with Crippen LogP contribution < -0.4 is 10.2 Å². The van der Waals surface area contributed by atoms with Crippen LogP contribution in [0.5, 0.6) is 0 Å². The second-order valence-electron chi connectivity index (χ2n) is 7.13. The zero-order valence-corrected chi connectivity index (χ0v) is 19.5. The monoisotopic (exact) mass is 536 g/mol. The minimum Gasteiger partial charge on any atom is -0.368 e. The minimum atomic E-state index is -4.32. The van der Waals surface area contributed by atoms with Crippen molar-refractivity contribution in [1.82, 2.24) is 20.0 Å². The van der Waals surface area contributed by atoms with E-state index in [4.69, 9.17) is 0 Å². The van der Waals surface area contributed by atoms with Crippen molar-refractivity contribution in [3.05, 3.63) is 47.8 Å². The van der Waals surface area contributed by atoms with Crippen LogP contribution in [-0.2, 0) is 12.7 Å². The molecular formula is C20H28F3IN6. The number of piperazine rings is 1. The van der Waals surface area contributed by atoms with Gasteiger partial charge in [-0.25, -0.2) is 0 Å². The smallest absolute Gasteiger partial charge is 0.368 e. The SMILES string of the molecule is CN=C(NCCCn1cc(C)cn1)N1CCN(c2cccc(C(F)(F)F)c2)CC1.I. The van der Waals surface area contributed by atoms with Gasteiger partial charge in [0.1, 0.15) is 0 Å². The first kappa shape index (κ1) is 24.3. The van der Waals surface area contributed by atoms with Crippen molar-refractivity contribution in [2.45, 2.75) is 26.1 Å². The summed E-state index contributed by atoms with van der Waals surface area (Å²) in [4.78, 5) is 8.47. The van der Waals surface area contributed by atoms with E-state index in [1.165, 1.54) is 12.1 Å². The van der Waals surface area contributed by atoms with E-state index < -0.39 is 11.7 Å². The molecule has 1 aliphatic rings. The van der Waals surface area contributed by atoms with Crippen LogP contribution in [0.2, 0.25) is 0 Å². The lowest BCUT2D eigenvalue weighted by Gasteiger charge is -2.37. The number of benzene rings is 1. The maximum atomic E-state index is 12.9. The Morgan fingerprint density at radius 1 is 1.20 bits per heavy atom. The molecule has 1 aromatic heterocycles. The van der Waals surface area contributed by atoms with Gasteiger partial charge in [-0.3, -0.25) is 9.67 Å². The van der Waals surface area contributed by atoms with Crippen LogP contribution in [0.25, 0.3) is 0 Å². The zero-order valence-electron chi connectivity index (χ0n) is 17.2. The standard InChI is InChI=1S/C20H27F3N6.HI/c1-16-14-26-29(15-16)8-4-7-25-19(24-2)28-11-9-27(10-12-28)18-6-3-5-17(13-18)20(21,22)23;/h3,5-6,13-15H,4,7-12H2,1-2H3,(H,24,25);1H. The number of aliphatic imine (C=N–C) groups is 1. The van der Waals surface area contributed by atoms with Crippen LogP contribution in [0, 0.1) is 6.92 Å². The predicted octanol–water partition coefficient (Wildman–Crippen LogP) is 3.62. The summed E-state index contributed by atoms with van der Waals surface area (Å²) < 4.78 is 40.8. The molecule has 0 bridgehead atoms. The van der Waals surface area contributed by atoms with Crippen LogP contribution >= 0.6 is 24.0 Å². The van der Waals surface area contributed by atoms with Gasteiger partial charge < -0.3 is 15.1 Å². The highest BCUT2D eigenvalue weighted by atomic mass is 127. The highest BCUT2D eigenvalue weighted by molar-refractivity contribution is 14.0. The maximum absolute atomic E-state index is 12.9. The van der Waals surface area contributed by atoms with E-state index in [0.29, 0.717) is 31.9 Å². The Kier molecular flexibility index (Phi) is 8.80. The van der Waals surface area contributed by atoms with Gasteiger partial charge in [0.05, 0.1) is 11.8 Å². The minimum absolute atomic E-state index is 0. The Balaban J connectivity index is 0.00000320. The van der Waals surface area contributed by atoms with Crippen molar-refractivity contribution in [3.8, 4) is 0 Å². The van der Waals surface area contributed by atoms with Crippen molar-refractivity contribution < 1.29 is 13.2 Å². The quantitative estimate of drug-likeness (QED) is 0.275. The number of nitrogens with one attached hydrogen (secondary N) is 1. The Morgan fingerprint density at radius 2 is 1.93 bits per heavy atom. The average molecular weight is 536 g/mol. The van der Waals surface area contributed by atoms with E-state index in [0.717, 1.165) is 37.1 Å². The van der Waals surface area contributed by atoms with Gasteiger partial charge in [0, 0.05) is 58.2 Å². The van der Waals surface area contributed by atoms with Crippen molar-refractivity contribution in [1.29, 1.82) is 0 Å². The molecule has 10 heteroatoms. The number of rotatable bonds is 5. The third-order valence-corrected chi connectivity index (χ3v) is 4.94. The summed E-state index contributed by atoms with van der Waals surface area (Å²) in [6, 6.07) is 5.52. The molecule has 0 atom stereocenters. The van der Waals surface area contributed by atoms with E-state index in [-0.39, 0.29) is 24.0 Å². The van der Waals surface area contributed by atoms with Crippen LogP contribution in [0.4, 0.5) is 18.9 Å². The summed E-state index contributed by atoms with van der Waals surface area (Å²) in [6.07, 6.45) is 0.459. The number of hydrogen-bond donors (Lipinski definition) is 1. The van der Waals surface area contributed by atoms with Gasteiger partial charge in [0.25, 0.3) is 0 Å². The molecule has 2 heterocycles. The first-order chi connectivity index (χ1) is 13.9. The summed E-state index contributed by atoms with van der Waals surface area (Å²) in [5.41, 5.74) is 1.15. The van der Waals surface area contributed by atoms with Crippen LogP contribution in [0.1, 0.15) is 17.5 Å². The average Bonchev–Trinajstić information content (AvgIpc) is 3.13. The lowest BCUT2D eigenvalue weighted by atomic mass is 10.1. The fourth-order valence-corrected chi connectivity index (χ4v) is 3.42. The summed E-state index contributed by atoms with van der Waals surface area (Å²) in [6.45, 7) is 6.33. The second-order valence-corrected chi connectivity index (χ2v) is 7.13. The summed E-state index contributed by atoms with van der Waals surface area (Å²) >= 11 is 0. The van der Waals surface area contributed by atoms with Crippen LogP contribution in [-0.4, -0.2) is 60.4 Å². The molecule has 1 saturated heterocycles. The van der Waals surface area contributed by atoms with Gasteiger partial charge in [-0.1, -0.05) is 6.07 Å². The van der Waals surface area contributed by atoms with E-state index in [1.54, 1.807) is 13.1 Å². The van der Waals surface area contributed by atoms with Gasteiger partial charge in [-0.2, -0.15) is 18.3 Å². The van der Waals surface area contributed by atoms with E-state index in [9.17, 15) is 13.2 Å². The van der Waals surface area contributed by atoms with Gasteiger partial charge in [-0.05, 0) is 37.1 Å². The van der Waals surface area contributed by atoms with Crippen molar-refractivity contribution in [2.75, 3.05) is 44.7 Å². The first-order valence-electron chi connectivity index (χ1n) is 9.73. The topological polar surface area (TPSA) is 48.7 Å². The van der Waals surface area contributed by atoms with E-state index >= 15 is 0 Å². The molecular weight excluding hydrogens is 508 g/mol. The highest BCUT2D eigenvalue weighted by Gasteiger charge is 2.31. The molecule has 6 nitrogen and oxygen atoms in total. The molecule has 166 valence electrons. The molecule has 1 aliphatic heterocycles. The van der Waals surface area contributed by atoms with Gasteiger partial charge in [0.2, 0.25) is 0 Å². The molecule has 0 amide bonds. The summed E-state index contributed by atoms with van der Waals surface area (Å²) in [5.74, 6) is 0.824. The molecule has 0 unspecified atom stereocenters. The van der Waals surface area contributed by atoms with Crippen molar-refractivity contribution in [2.24, 2.45) is 4.99 Å². The van der Waals surface area contributed by atoms with Crippen LogP contribution in [0.15, 0.2) is 41.7 Å². The molecule has 3 rings (SSSR count). The zero-order chi connectivity index (χ0) is 20.9. The molecule has 1 fully saturated rings. The molecule has 2 aromatic rings. The predicted molar refractivity (Wildman–Crippen MR) is 124 cm³/mol. The van der Waals surface area contributed by atoms with Crippen LogP contribution in [0.3, 0.4) is 0 Å². The first-order valence-corrected chi connectivity index (χ1v) is 9.73.